The molecular formula is C21H25F2N5O3S2. The first kappa shape index (κ1) is 24.9. The fraction of sp³-hybridized carbons (Fsp3) is 0.429. The molecule has 0 radical (unpaired) electrons. The summed E-state index contributed by atoms with van der Waals surface area (Å²) in [6.45, 7) is 7.53. The number of ether oxygens (including phenoxy) is 2. The first-order chi connectivity index (χ1) is 15.6. The number of carbonyl (C=O) groups is 1. The van der Waals surface area contributed by atoms with E-state index in [1.165, 1.54) is 30.6 Å². The Morgan fingerprint density at radius 1 is 1.24 bits per heavy atom. The number of methoxy groups -OCH3 is 1. The predicted molar refractivity (Wildman–Crippen MR) is 125 cm³/mol. The van der Waals surface area contributed by atoms with Crippen molar-refractivity contribution in [3.63, 3.8) is 0 Å². The summed E-state index contributed by atoms with van der Waals surface area (Å²) in [5.41, 5.74) is 0.0410. The second-order valence-corrected chi connectivity index (χ2v) is 10.0. The van der Waals surface area contributed by atoms with Gasteiger partial charge in [-0.05, 0) is 33.8 Å². The number of aromatic nitrogens is 3. The van der Waals surface area contributed by atoms with Gasteiger partial charge in [-0.1, -0.05) is 35.2 Å². The van der Waals surface area contributed by atoms with Crippen molar-refractivity contribution >= 4 is 45.4 Å². The van der Waals surface area contributed by atoms with Gasteiger partial charge in [0.25, 0.3) is 5.19 Å². The van der Waals surface area contributed by atoms with Crippen molar-refractivity contribution in [2.75, 3.05) is 19.0 Å². The van der Waals surface area contributed by atoms with E-state index in [0.29, 0.717) is 26.5 Å². The van der Waals surface area contributed by atoms with E-state index in [2.05, 4.69) is 25.6 Å². The van der Waals surface area contributed by atoms with Crippen LogP contribution in [0.15, 0.2) is 23.4 Å². The molecule has 1 amide bonds. The quantitative estimate of drug-likeness (QED) is 0.332. The lowest BCUT2D eigenvalue weighted by Crippen LogP contribution is -2.38. The van der Waals surface area contributed by atoms with Crippen molar-refractivity contribution in [2.45, 2.75) is 50.2 Å². The minimum Gasteiger partial charge on any atom is -0.473 e. The molecule has 8 nitrogen and oxygen atoms in total. The summed E-state index contributed by atoms with van der Waals surface area (Å²) in [6.07, 6.45) is -0.517. The number of amides is 1. The van der Waals surface area contributed by atoms with Crippen LogP contribution in [0.25, 0.3) is 10.3 Å². The largest absolute Gasteiger partial charge is 0.473 e. The van der Waals surface area contributed by atoms with Crippen LogP contribution in [0.1, 0.15) is 33.3 Å². The van der Waals surface area contributed by atoms with Gasteiger partial charge >= 0.3 is 6.09 Å². The van der Waals surface area contributed by atoms with E-state index in [-0.39, 0.29) is 23.9 Å². The Balaban J connectivity index is 1.76. The van der Waals surface area contributed by atoms with Crippen molar-refractivity contribution in [1.29, 1.82) is 0 Å². The van der Waals surface area contributed by atoms with Crippen molar-refractivity contribution in [1.82, 2.24) is 20.3 Å². The number of anilines is 1. The molecule has 3 rings (SSSR count). The summed E-state index contributed by atoms with van der Waals surface area (Å²) in [5, 5.41) is 6.71. The van der Waals surface area contributed by atoms with E-state index in [9.17, 15) is 13.6 Å². The highest BCUT2D eigenvalue weighted by Crippen LogP contribution is 2.34. The molecule has 0 bridgehead atoms. The third kappa shape index (κ3) is 6.87. The lowest BCUT2D eigenvalue weighted by atomic mass is 10.2. The second kappa shape index (κ2) is 10.5. The molecule has 2 aromatic heterocycles. The summed E-state index contributed by atoms with van der Waals surface area (Å²) < 4.78 is 38.6. The summed E-state index contributed by atoms with van der Waals surface area (Å²) >= 11 is 2.43. The number of alkyl carbamates (subject to hydrolysis) is 1. The Hall–Kier alpha value is -2.73. The third-order valence-corrected chi connectivity index (χ3v) is 6.02. The van der Waals surface area contributed by atoms with Crippen LogP contribution in [0, 0.1) is 11.6 Å². The Morgan fingerprint density at radius 2 is 2.00 bits per heavy atom. The van der Waals surface area contributed by atoms with Crippen LogP contribution in [0.5, 0.6) is 5.19 Å². The van der Waals surface area contributed by atoms with Crippen LogP contribution in [0.3, 0.4) is 0 Å². The number of halogens is 2. The number of thiazole rings is 1. The van der Waals surface area contributed by atoms with Crippen LogP contribution in [-0.4, -0.2) is 46.3 Å². The van der Waals surface area contributed by atoms with Gasteiger partial charge in [0, 0.05) is 23.9 Å². The number of thioether (sulfide) groups is 1. The number of hydrogen-bond acceptors (Lipinski definition) is 9. The number of hydrogen-bond donors (Lipinski definition) is 2. The molecule has 0 aliphatic carbocycles. The molecule has 2 N–H and O–H groups in total. The number of nitrogens with zero attached hydrogens (tertiary/aromatic N) is 3. The van der Waals surface area contributed by atoms with Crippen LogP contribution >= 0.6 is 23.1 Å². The van der Waals surface area contributed by atoms with Crippen molar-refractivity contribution in [2.24, 2.45) is 0 Å². The predicted octanol–water partition coefficient (Wildman–Crippen LogP) is 4.99. The molecule has 2 heterocycles. The van der Waals surface area contributed by atoms with Gasteiger partial charge in [-0.25, -0.2) is 23.5 Å². The zero-order valence-electron chi connectivity index (χ0n) is 18.9. The summed E-state index contributed by atoms with van der Waals surface area (Å²) in [4.78, 5) is 25.2. The van der Waals surface area contributed by atoms with Crippen molar-refractivity contribution in [3.8, 4) is 5.19 Å². The maximum atomic E-state index is 14.0. The molecule has 178 valence electrons. The summed E-state index contributed by atoms with van der Waals surface area (Å²) in [6, 6.07) is 3.83. The van der Waals surface area contributed by atoms with Gasteiger partial charge < -0.3 is 20.1 Å². The molecule has 1 atom stereocenters. The number of carbonyl (C=O) groups excluding carboxylic acids is 1. The topological polar surface area (TPSA) is 98.3 Å². The number of fused-ring (bicyclic) bond motifs is 1. The van der Waals surface area contributed by atoms with Crippen molar-refractivity contribution in [3.05, 3.63) is 35.4 Å². The average Bonchev–Trinajstić information content (AvgIpc) is 3.16. The Bertz CT molecular complexity index is 1140. The molecule has 0 spiro atoms. The zero-order valence-corrected chi connectivity index (χ0v) is 20.5. The molecule has 0 saturated heterocycles. The Labute approximate surface area is 198 Å². The van der Waals surface area contributed by atoms with Crippen LogP contribution in [0.2, 0.25) is 0 Å². The van der Waals surface area contributed by atoms with E-state index in [4.69, 9.17) is 9.47 Å². The minimum absolute atomic E-state index is 0.144. The highest BCUT2D eigenvalue weighted by molar-refractivity contribution is 7.98. The maximum Gasteiger partial charge on any atom is 0.407 e. The molecule has 12 heteroatoms. The average molecular weight is 498 g/mol. The van der Waals surface area contributed by atoms with E-state index >= 15 is 0 Å². The van der Waals surface area contributed by atoms with E-state index in [1.54, 1.807) is 20.8 Å². The lowest BCUT2D eigenvalue weighted by Gasteiger charge is -2.21. The fourth-order valence-electron chi connectivity index (χ4n) is 2.67. The maximum absolute atomic E-state index is 14.0. The molecule has 0 aliphatic rings. The molecular weight excluding hydrogens is 472 g/mol. The molecule has 0 fully saturated rings. The Morgan fingerprint density at radius 3 is 2.70 bits per heavy atom. The fourth-order valence-corrected chi connectivity index (χ4v) is 4.26. The Kier molecular flexibility index (Phi) is 7.90. The number of benzene rings is 1. The van der Waals surface area contributed by atoms with Gasteiger partial charge in [-0.15, -0.1) is 0 Å². The molecule has 0 unspecified atom stereocenters. The first-order valence-electron chi connectivity index (χ1n) is 10.1. The van der Waals surface area contributed by atoms with Gasteiger partial charge in [0.2, 0.25) is 0 Å². The third-order valence-electron chi connectivity index (χ3n) is 4.11. The number of rotatable bonds is 8. The summed E-state index contributed by atoms with van der Waals surface area (Å²) in [5.74, 6) is -1.14. The van der Waals surface area contributed by atoms with Gasteiger partial charge in [0.15, 0.2) is 28.3 Å². The zero-order chi connectivity index (χ0) is 24.2. The van der Waals surface area contributed by atoms with Crippen LogP contribution in [0.4, 0.5) is 19.4 Å². The van der Waals surface area contributed by atoms with Gasteiger partial charge in [-0.2, -0.15) is 4.98 Å². The van der Waals surface area contributed by atoms with Gasteiger partial charge in [0.1, 0.15) is 10.3 Å². The molecule has 1 aromatic carbocycles. The molecule has 3 aromatic rings. The highest BCUT2D eigenvalue weighted by atomic mass is 32.2. The second-order valence-electron chi connectivity index (χ2n) is 8.12. The van der Waals surface area contributed by atoms with E-state index in [1.807, 2.05) is 6.92 Å². The van der Waals surface area contributed by atoms with Gasteiger partial charge in [-0.3, -0.25) is 0 Å². The standard InChI is InChI=1S/C21H25F2N5O3S2/c1-11(9-24-19(29)31-21(2,3)4)25-16-15-17(28-20(30-5)33-15)27-18(26-16)32-10-12-7-6-8-13(22)14(12)23/h6-8,11H,9-10H2,1-5H3,(H,24,29)(H,25,26,27)/t11-/m1/s1. The van der Waals surface area contributed by atoms with E-state index < -0.39 is 23.3 Å². The minimum atomic E-state index is -0.901. The SMILES string of the molecule is COc1nc2nc(SCc3cccc(F)c3F)nc(N[C@H](C)CNC(=O)OC(C)(C)C)c2s1. The van der Waals surface area contributed by atoms with Crippen LogP contribution < -0.4 is 15.4 Å². The van der Waals surface area contributed by atoms with E-state index in [0.717, 1.165) is 17.8 Å². The molecule has 0 saturated carbocycles. The smallest absolute Gasteiger partial charge is 0.407 e. The first-order valence-corrected chi connectivity index (χ1v) is 11.9. The highest BCUT2D eigenvalue weighted by Gasteiger charge is 2.19. The van der Waals surface area contributed by atoms with Crippen LogP contribution in [-0.2, 0) is 10.5 Å². The van der Waals surface area contributed by atoms with Gasteiger partial charge in [0.05, 0.1) is 7.11 Å². The lowest BCUT2D eigenvalue weighted by molar-refractivity contribution is 0.0526. The van der Waals surface area contributed by atoms with Crippen molar-refractivity contribution < 1.29 is 23.0 Å². The normalized spacial score (nSPS) is 12.5. The summed E-state index contributed by atoms with van der Waals surface area (Å²) in [7, 11) is 1.51. The number of nitrogens with one attached hydrogen (secondary N) is 2. The monoisotopic (exact) mass is 497 g/mol. The molecule has 0 aliphatic heterocycles. The molecule has 33 heavy (non-hydrogen) atoms.